The number of methoxy groups -OCH3 is 1. The second-order valence-corrected chi connectivity index (χ2v) is 11.3. The molecule has 0 aromatic carbocycles. The van der Waals surface area contributed by atoms with Crippen LogP contribution in [0.3, 0.4) is 0 Å². The maximum absolute atomic E-state index is 12.1. The molecule has 0 aromatic heterocycles. The number of aliphatic hydroxyl groups excluding tert-OH is 1. The molecule has 0 saturated heterocycles. The molecular weight excluding hydrogens is 485 g/mol. The molecule has 10 heteroatoms. The van der Waals surface area contributed by atoms with Gasteiger partial charge in [0.15, 0.2) is 0 Å². The van der Waals surface area contributed by atoms with E-state index in [9.17, 15) is 19.4 Å². The fourth-order valence-electron chi connectivity index (χ4n) is 2.94. The van der Waals surface area contributed by atoms with Crippen LogP contribution in [0, 0.1) is 17.8 Å². The summed E-state index contributed by atoms with van der Waals surface area (Å²) in [5.41, 5.74) is 0. The summed E-state index contributed by atoms with van der Waals surface area (Å²) in [7, 11) is 2.75. The third-order valence-corrected chi connectivity index (χ3v) is 6.14. The number of phosphoric acid groups is 1. The zero-order valence-corrected chi connectivity index (χ0v) is 23.6. The van der Waals surface area contributed by atoms with Gasteiger partial charge in [0.2, 0.25) is 6.10 Å². The Kier molecular flexibility index (Phi) is 18.8. The summed E-state index contributed by atoms with van der Waals surface area (Å²) >= 11 is 0. The summed E-state index contributed by atoms with van der Waals surface area (Å²) in [4.78, 5) is 21.8. The topological polar surface area (TPSA) is 112 Å². The van der Waals surface area contributed by atoms with E-state index in [2.05, 4.69) is 25.3 Å². The Morgan fingerprint density at radius 1 is 1.11 bits per heavy atom. The minimum absolute atomic E-state index is 0.0144. The van der Waals surface area contributed by atoms with Gasteiger partial charge >= 0.3 is 13.8 Å². The van der Waals surface area contributed by atoms with Crippen molar-refractivity contribution in [3.63, 3.8) is 0 Å². The first kappa shape index (κ1) is 34.5. The van der Waals surface area contributed by atoms with Crippen molar-refractivity contribution in [1.29, 1.82) is 0 Å². The van der Waals surface area contributed by atoms with Crippen molar-refractivity contribution in [2.24, 2.45) is 5.92 Å². The fourth-order valence-corrected chi connectivity index (χ4v) is 3.69. The van der Waals surface area contributed by atoms with Crippen molar-refractivity contribution in [2.45, 2.75) is 64.1 Å². The molecule has 2 N–H and O–H groups in total. The van der Waals surface area contributed by atoms with Gasteiger partial charge in [-0.1, -0.05) is 50.2 Å². The first-order valence-corrected chi connectivity index (χ1v) is 14.0. The number of likely N-dealkylation sites (N-methyl/N-ethyl adjacent to an activating group) is 1. The molecule has 0 aliphatic rings. The minimum atomic E-state index is -4.31. The predicted molar refractivity (Wildman–Crippen MR) is 141 cm³/mol. The van der Waals surface area contributed by atoms with Gasteiger partial charge in [-0.25, -0.2) is 9.36 Å². The van der Waals surface area contributed by atoms with Crippen LogP contribution in [0.25, 0.3) is 0 Å². The largest absolute Gasteiger partial charge is 0.472 e. The van der Waals surface area contributed by atoms with E-state index in [0.29, 0.717) is 16.9 Å². The van der Waals surface area contributed by atoms with E-state index in [0.717, 1.165) is 19.3 Å². The number of hydrogen-bond donors (Lipinski definition) is 2. The number of esters is 1. The van der Waals surface area contributed by atoms with Crippen molar-refractivity contribution in [1.82, 2.24) is 0 Å². The molecule has 0 saturated carbocycles. The zero-order valence-electron chi connectivity index (χ0n) is 22.7. The molecule has 0 bridgehead atoms. The van der Waals surface area contributed by atoms with Crippen LogP contribution < -0.4 is 0 Å². The van der Waals surface area contributed by atoms with Crippen LogP contribution in [0.4, 0.5) is 0 Å². The first-order valence-electron chi connectivity index (χ1n) is 12.5. The van der Waals surface area contributed by atoms with Crippen LogP contribution in [0.5, 0.6) is 0 Å². The molecule has 36 heavy (non-hydrogen) atoms. The Bertz CT molecular complexity index is 753. The van der Waals surface area contributed by atoms with Crippen molar-refractivity contribution < 1.29 is 42.4 Å². The van der Waals surface area contributed by atoms with Crippen LogP contribution in [-0.4, -0.2) is 87.3 Å². The van der Waals surface area contributed by atoms with Gasteiger partial charge in [0.1, 0.15) is 25.9 Å². The van der Waals surface area contributed by atoms with Gasteiger partial charge in [-0.3, -0.25) is 9.05 Å². The Morgan fingerprint density at radius 3 is 2.44 bits per heavy atom. The summed E-state index contributed by atoms with van der Waals surface area (Å²) in [5.74, 6) is 5.37. The molecule has 0 aliphatic heterocycles. The summed E-state index contributed by atoms with van der Waals surface area (Å²) < 4.78 is 32.0. The number of rotatable bonds is 20. The van der Waals surface area contributed by atoms with E-state index in [1.807, 2.05) is 33.3 Å². The standard InChI is InChI=1S/C26H46NO8P/c1-7-8-9-13-16-23(2)17-14-11-10-12-15-18-25(32-6)26(29)33-21-24(28)22-35-36(30,31)34-20-19-27(3,4)5/h7,10,12,23-25,28H,1,8-9,11,13-14,16-17,19-22H2,2-6H3/p+1/b12-10-/t23?,24-,25+/m1/s1. The van der Waals surface area contributed by atoms with E-state index in [1.165, 1.54) is 32.8 Å². The normalized spacial score (nSPS) is 16.0. The van der Waals surface area contributed by atoms with Crippen LogP contribution in [-0.2, 0) is 27.9 Å². The first-order chi connectivity index (χ1) is 16.9. The lowest BCUT2D eigenvalue weighted by atomic mass is 9.97. The molecule has 9 nitrogen and oxygen atoms in total. The van der Waals surface area contributed by atoms with Gasteiger partial charge in [-0.05, 0) is 37.7 Å². The van der Waals surface area contributed by atoms with Crippen molar-refractivity contribution in [2.75, 3.05) is 54.6 Å². The Labute approximate surface area is 217 Å². The lowest BCUT2D eigenvalue weighted by Crippen LogP contribution is -2.37. The average Bonchev–Trinajstić information content (AvgIpc) is 2.79. The van der Waals surface area contributed by atoms with Crippen molar-refractivity contribution in [3.8, 4) is 11.8 Å². The fraction of sp³-hybridized carbons (Fsp3) is 0.731. The van der Waals surface area contributed by atoms with Gasteiger partial charge in [-0.15, -0.1) is 6.58 Å². The van der Waals surface area contributed by atoms with E-state index >= 15 is 0 Å². The van der Waals surface area contributed by atoms with Gasteiger partial charge < -0.3 is 24.0 Å². The molecule has 0 radical (unpaired) electrons. The highest BCUT2D eigenvalue weighted by Gasteiger charge is 2.25. The minimum Gasteiger partial charge on any atom is -0.460 e. The molecule has 0 rings (SSSR count). The maximum atomic E-state index is 12.1. The van der Waals surface area contributed by atoms with Crippen molar-refractivity contribution in [3.05, 3.63) is 24.8 Å². The molecule has 0 aromatic rings. The van der Waals surface area contributed by atoms with Gasteiger partial charge in [0.25, 0.3) is 0 Å². The number of allylic oxidation sites excluding steroid dienone is 3. The molecule has 208 valence electrons. The number of carbonyl (C=O) groups excluding carboxylic acids is 1. The highest BCUT2D eigenvalue weighted by Crippen LogP contribution is 2.43. The smallest absolute Gasteiger partial charge is 0.460 e. The second-order valence-electron chi connectivity index (χ2n) is 9.81. The second kappa shape index (κ2) is 19.6. The van der Waals surface area contributed by atoms with Crippen LogP contribution in [0.1, 0.15) is 51.9 Å². The molecule has 0 amide bonds. The number of aliphatic hydroxyl groups is 1. The van der Waals surface area contributed by atoms with E-state index < -0.39 is 39.2 Å². The van der Waals surface area contributed by atoms with E-state index in [-0.39, 0.29) is 6.61 Å². The molecular formula is C26H47NO8P+. The predicted octanol–water partition coefficient (Wildman–Crippen LogP) is 3.86. The molecule has 0 fully saturated rings. The lowest BCUT2D eigenvalue weighted by molar-refractivity contribution is -0.870. The Hall–Kier alpha value is -1.50. The average molecular weight is 533 g/mol. The van der Waals surface area contributed by atoms with Crippen LogP contribution in [0.15, 0.2) is 24.8 Å². The van der Waals surface area contributed by atoms with Gasteiger partial charge in [0.05, 0.1) is 27.7 Å². The van der Waals surface area contributed by atoms with Crippen LogP contribution in [0.2, 0.25) is 0 Å². The Morgan fingerprint density at radius 2 is 1.81 bits per heavy atom. The highest BCUT2D eigenvalue weighted by molar-refractivity contribution is 7.47. The van der Waals surface area contributed by atoms with Gasteiger partial charge in [-0.2, -0.15) is 0 Å². The number of hydrogen-bond acceptors (Lipinski definition) is 7. The van der Waals surface area contributed by atoms with Crippen molar-refractivity contribution >= 4 is 13.8 Å². The number of unbranched alkanes of at least 4 members (excludes halogenated alkanes) is 3. The lowest BCUT2D eigenvalue weighted by Gasteiger charge is -2.24. The number of carbonyl (C=O) groups is 1. The third kappa shape index (κ3) is 20.7. The van der Waals surface area contributed by atoms with Gasteiger partial charge in [0, 0.05) is 7.11 Å². The van der Waals surface area contributed by atoms with E-state index in [1.54, 1.807) is 6.08 Å². The Balaban J connectivity index is 4.22. The molecule has 2 unspecified atom stereocenters. The molecule has 0 heterocycles. The number of nitrogens with zero attached hydrogens (tertiary/aromatic N) is 1. The summed E-state index contributed by atoms with van der Waals surface area (Å²) in [6, 6.07) is 0. The monoisotopic (exact) mass is 532 g/mol. The quantitative estimate of drug-likeness (QED) is 0.0607. The summed E-state index contributed by atoms with van der Waals surface area (Å²) in [6.45, 7) is 5.55. The van der Waals surface area contributed by atoms with Crippen LogP contribution >= 0.6 is 7.82 Å². The summed E-state index contributed by atoms with van der Waals surface area (Å²) in [6.07, 6.45) is 11.1. The number of phosphoric ester groups is 1. The number of quaternary nitrogens is 1. The maximum Gasteiger partial charge on any atom is 0.472 e. The van der Waals surface area contributed by atoms with E-state index in [4.69, 9.17) is 18.5 Å². The third-order valence-electron chi connectivity index (χ3n) is 5.15. The molecule has 0 aliphatic carbocycles. The highest BCUT2D eigenvalue weighted by atomic mass is 31.2. The molecule has 4 atom stereocenters. The zero-order chi connectivity index (χ0) is 27.5. The SMILES string of the molecule is C=CCCCCC(C)CCC/C=C\C#C[C@H](OC)C(=O)OC[C@@H](O)COP(=O)(O)OCC[N+](C)(C)C. The summed E-state index contributed by atoms with van der Waals surface area (Å²) in [5, 5.41) is 9.89. The molecule has 0 spiro atoms. The number of ether oxygens (including phenoxy) is 2.